The van der Waals surface area contributed by atoms with Crippen molar-refractivity contribution in [2.75, 3.05) is 6.61 Å². The quantitative estimate of drug-likeness (QED) is 0.752. The van der Waals surface area contributed by atoms with E-state index in [1.165, 1.54) is 5.56 Å². The first-order valence-electron chi connectivity index (χ1n) is 6.32. The van der Waals surface area contributed by atoms with Gasteiger partial charge >= 0.3 is 0 Å². The number of hydrogen-bond acceptors (Lipinski definition) is 2. The molecule has 0 spiro atoms. The van der Waals surface area contributed by atoms with Gasteiger partial charge in [-0.3, -0.25) is 4.98 Å². The number of nitrogens with zero attached hydrogens (tertiary/aromatic N) is 1. The van der Waals surface area contributed by atoms with Crippen molar-refractivity contribution in [1.82, 2.24) is 4.98 Å². The van der Waals surface area contributed by atoms with E-state index in [2.05, 4.69) is 47.8 Å². The summed E-state index contributed by atoms with van der Waals surface area (Å²) in [6, 6.07) is 2.13. The summed E-state index contributed by atoms with van der Waals surface area (Å²) in [7, 11) is 0. The summed E-state index contributed by atoms with van der Waals surface area (Å²) in [5, 5.41) is 0. The Morgan fingerprint density at radius 1 is 1.35 bits per heavy atom. The van der Waals surface area contributed by atoms with Crippen LogP contribution < -0.4 is 0 Å². The molecule has 0 aromatic carbocycles. The molecule has 0 unspecified atom stereocenters. The minimum Gasteiger partial charge on any atom is -0.378 e. The highest BCUT2D eigenvalue weighted by Gasteiger charge is 2.08. The lowest BCUT2D eigenvalue weighted by Crippen LogP contribution is -2.16. The molecule has 0 radical (unpaired) electrons. The van der Waals surface area contributed by atoms with E-state index in [-0.39, 0.29) is 0 Å². The zero-order valence-corrected chi connectivity index (χ0v) is 12.5. The topological polar surface area (TPSA) is 22.1 Å². The molecule has 2 nitrogen and oxygen atoms in total. The van der Waals surface area contributed by atoms with Crippen LogP contribution in [0.3, 0.4) is 0 Å². The lowest BCUT2D eigenvalue weighted by atomic mass is 10.1. The fourth-order valence-electron chi connectivity index (χ4n) is 1.65. The first kappa shape index (κ1) is 14.7. The zero-order valence-electron chi connectivity index (χ0n) is 10.9. The maximum absolute atomic E-state index is 5.87. The van der Waals surface area contributed by atoms with Crippen LogP contribution in [0.4, 0.5) is 0 Å². The summed E-state index contributed by atoms with van der Waals surface area (Å²) >= 11 is 3.44. The SMILES string of the molecule is CC[C@@H](CCc1cncc(Br)c1)OCC(C)C. The summed E-state index contributed by atoms with van der Waals surface area (Å²) < 4.78 is 6.92. The van der Waals surface area contributed by atoms with Gasteiger partial charge in [0.2, 0.25) is 0 Å². The van der Waals surface area contributed by atoms with E-state index >= 15 is 0 Å². The molecule has 1 aromatic heterocycles. The first-order valence-corrected chi connectivity index (χ1v) is 7.12. The number of pyridine rings is 1. The first-order chi connectivity index (χ1) is 8.11. The van der Waals surface area contributed by atoms with Crippen molar-refractivity contribution in [2.45, 2.75) is 46.1 Å². The lowest BCUT2D eigenvalue weighted by molar-refractivity contribution is 0.0287. The number of aromatic nitrogens is 1. The van der Waals surface area contributed by atoms with Gasteiger partial charge in [0.25, 0.3) is 0 Å². The van der Waals surface area contributed by atoms with Crippen molar-refractivity contribution in [1.29, 1.82) is 0 Å². The van der Waals surface area contributed by atoms with Crippen molar-refractivity contribution in [3.8, 4) is 0 Å². The van der Waals surface area contributed by atoms with Gasteiger partial charge < -0.3 is 4.74 Å². The summed E-state index contributed by atoms with van der Waals surface area (Å²) in [4.78, 5) is 4.17. The monoisotopic (exact) mass is 299 g/mol. The van der Waals surface area contributed by atoms with Gasteiger partial charge in [-0.05, 0) is 52.7 Å². The summed E-state index contributed by atoms with van der Waals surface area (Å²) in [6.07, 6.45) is 7.30. The van der Waals surface area contributed by atoms with Crippen LogP contribution in [-0.2, 0) is 11.2 Å². The second-order valence-electron chi connectivity index (χ2n) is 4.81. The number of halogens is 1. The summed E-state index contributed by atoms with van der Waals surface area (Å²) in [6.45, 7) is 7.41. The fourth-order valence-corrected chi connectivity index (χ4v) is 2.07. The van der Waals surface area contributed by atoms with Crippen LogP contribution in [0.15, 0.2) is 22.9 Å². The van der Waals surface area contributed by atoms with Crippen LogP contribution in [0.5, 0.6) is 0 Å². The van der Waals surface area contributed by atoms with Gasteiger partial charge in [0, 0.05) is 23.5 Å². The maximum Gasteiger partial charge on any atom is 0.0575 e. The Kier molecular flexibility index (Phi) is 6.75. The molecule has 96 valence electrons. The summed E-state index contributed by atoms with van der Waals surface area (Å²) in [5.74, 6) is 0.608. The van der Waals surface area contributed by atoms with Gasteiger partial charge in [-0.2, -0.15) is 0 Å². The number of aryl methyl sites for hydroxylation is 1. The van der Waals surface area contributed by atoms with Gasteiger partial charge in [-0.25, -0.2) is 0 Å². The van der Waals surface area contributed by atoms with Crippen LogP contribution in [0.2, 0.25) is 0 Å². The summed E-state index contributed by atoms with van der Waals surface area (Å²) in [5.41, 5.74) is 1.27. The Balaban J connectivity index is 2.37. The molecule has 0 saturated heterocycles. The van der Waals surface area contributed by atoms with E-state index in [0.717, 1.165) is 30.3 Å². The molecule has 0 bridgehead atoms. The molecule has 3 heteroatoms. The Hall–Kier alpha value is -0.410. The van der Waals surface area contributed by atoms with Crippen LogP contribution in [0.1, 0.15) is 39.2 Å². The molecule has 0 fully saturated rings. The van der Waals surface area contributed by atoms with Crippen molar-refractivity contribution in [2.24, 2.45) is 5.92 Å². The van der Waals surface area contributed by atoms with Crippen LogP contribution in [-0.4, -0.2) is 17.7 Å². The maximum atomic E-state index is 5.87. The average molecular weight is 300 g/mol. The van der Waals surface area contributed by atoms with Gasteiger partial charge in [-0.1, -0.05) is 20.8 Å². The average Bonchev–Trinajstić information content (AvgIpc) is 2.29. The fraction of sp³-hybridized carbons (Fsp3) is 0.643. The lowest BCUT2D eigenvalue weighted by Gasteiger charge is -2.17. The highest BCUT2D eigenvalue weighted by atomic mass is 79.9. The third-order valence-corrected chi connectivity index (χ3v) is 3.07. The van der Waals surface area contributed by atoms with Crippen LogP contribution >= 0.6 is 15.9 Å². The van der Waals surface area contributed by atoms with Crippen molar-refractivity contribution >= 4 is 15.9 Å². The molecule has 1 heterocycles. The minimum absolute atomic E-state index is 0.372. The molecule has 1 rings (SSSR count). The second kappa shape index (κ2) is 7.83. The third kappa shape index (κ3) is 6.18. The van der Waals surface area contributed by atoms with Gasteiger partial charge in [-0.15, -0.1) is 0 Å². The minimum atomic E-state index is 0.372. The van der Waals surface area contributed by atoms with Crippen molar-refractivity contribution in [3.63, 3.8) is 0 Å². The van der Waals surface area contributed by atoms with Crippen molar-refractivity contribution < 1.29 is 4.74 Å². The van der Waals surface area contributed by atoms with E-state index in [9.17, 15) is 0 Å². The predicted octanol–water partition coefficient (Wildman–Crippen LogP) is 4.23. The van der Waals surface area contributed by atoms with Gasteiger partial charge in [0.15, 0.2) is 0 Å². The molecule has 0 aliphatic rings. The molecule has 0 N–H and O–H groups in total. The van der Waals surface area contributed by atoms with E-state index in [0.29, 0.717) is 12.0 Å². The Morgan fingerprint density at radius 2 is 2.12 bits per heavy atom. The van der Waals surface area contributed by atoms with Gasteiger partial charge in [0.1, 0.15) is 0 Å². The molecule has 1 atom stereocenters. The molecule has 0 saturated carbocycles. The highest BCUT2D eigenvalue weighted by Crippen LogP contribution is 2.14. The highest BCUT2D eigenvalue weighted by molar-refractivity contribution is 9.10. The Labute approximate surface area is 113 Å². The van der Waals surface area contributed by atoms with Crippen LogP contribution in [0.25, 0.3) is 0 Å². The molecule has 17 heavy (non-hydrogen) atoms. The molecular formula is C14H22BrNO. The van der Waals surface area contributed by atoms with E-state index in [1.807, 2.05) is 12.4 Å². The standard InChI is InChI=1S/C14H22BrNO/c1-4-14(17-10-11(2)3)6-5-12-7-13(15)9-16-8-12/h7-9,11,14H,4-6,10H2,1-3H3/t14-/m0/s1. The van der Waals surface area contributed by atoms with E-state index in [4.69, 9.17) is 4.74 Å². The number of ether oxygens (including phenoxy) is 1. The van der Waals surface area contributed by atoms with Crippen LogP contribution in [0, 0.1) is 5.92 Å². The van der Waals surface area contributed by atoms with E-state index in [1.54, 1.807) is 0 Å². The smallest absolute Gasteiger partial charge is 0.0575 e. The number of hydrogen-bond donors (Lipinski definition) is 0. The largest absolute Gasteiger partial charge is 0.378 e. The van der Waals surface area contributed by atoms with Crippen molar-refractivity contribution in [3.05, 3.63) is 28.5 Å². The Morgan fingerprint density at radius 3 is 2.71 bits per heavy atom. The van der Waals surface area contributed by atoms with Gasteiger partial charge in [0.05, 0.1) is 6.10 Å². The third-order valence-electron chi connectivity index (χ3n) is 2.64. The molecule has 1 aromatic rings. The number of rotatable bonds is 7. The van der Waals surface area contributed by atoms with E-state index < -0.39 is 0 Å². The molecular weight excluding hydrogens is 278 g/mol. The molecule has 0 aliphatic carbocycles. The Bertz CT molecular complexity index is 328. The predicted molar refractivity (Wildman–Crippen MR) is 75.1 cm³/mol. The molecule has 0 amide bonds. The molecule has 0 aliphatic heterocycles. The zero-order chi connectivity index (χ0) is 12.7. The normalized spacial score (nSPS) is 13.0. The second-order valence-corrected chi connectivity index (χ2v) is 5.72.